The first-order valence-corrected chi connectivity index (χ1v) is 9.34. The Morgan fingerprint density at radius 1 is 1.14 bits per heavy atom. The monoisotopic (exact) mass is 388 g/mol. The van der Waals surface area contributed by atoms with Crippen molar-refractivity contribution in [2.24, 2.45) is 17.1 Å². The number of anilines is 1. The maximum absolute atomic E-state index is 12.6. The van der Waals surface area contributed by atoms with E-state index in [0.29, 0.717) is 24.3 Å². The molecule has 0 aromatic heterocycles. The Morgan fingerprint density at radius 2 is 1.79 bits per heavy atom. The maximum atomic E-state index is 12.6. The number of likely N-dealkylation sites (tertiary alicyclic amines) is 1. The van der Waals surface area contributed by atoms with Crippen LogP contribution in [0.2, 0.25) is 0 Å². The molecule has 1 aliphatic heterocycles. The number of rotatable bonds is 5. The molecule has 1 aliphatic rings. The standard InChI is InChI=1S/C20H28N4O4/c1-20(2,3)19(28)24-10-4-5-14(12-24)18(27)23-15-8-6-13(7-9-15)17(26)22-11-16(21)25/h6-9,14H,4-5,10-12H2,1-3H3,(H2,21,25)(H,22,26)(H,23,27). The van der Waals surface area contributed by atoms with Crippen molar-refractivity contribution >= 4 is 29.3 Å². The van der Waals surface area contributed by atoms with E-state index < -0.39 is 17.2 Å². The van der Waals surface area contributed by atoms with Crippen molar-refractivity contribution in [1.82, 2.24) is 10.2 Å². The lowest BCUT2D eigenvalue weighted by Crippen LogP contribution is -2.47. The summed E-state index contributed by atoms with van der Waals surface area (Å²) in [5.74, 6) is -1.39. The minimum atomic E-state index is -0.622. The first-order valence-electron chi connectivity index (χ1n) is 9.34. The maximum Gasteiger partial charge on any atom is 0.251 e. The molecule has 0 aliphatic carbocycles. The van der Waals surface area contributed by atoms with Gasteiger partial charge in [0.1, 0.15) is 0 Å². The van der Waals surface area contributed by atoms with Crippen LogP contribution in [0.3, 0.4) is 0 Å². The highest BCUT2D eigenvalue weighted by Gasteiger charge is 2.33. The highest BCUT2D eigenvalue weighted by Crippen LogP contribution is 2.24. The summed E-state index contributed by atoms with van der Waals surface area (Å²) in [7, 11) is 0. The molecular weight excluding hydrogens is 360 g/mol. The van der Waals surface area contributed by atoms with Crippen molar-refractivity contribution in [3.05, 3.63) is 29.8 Å². The Morgan fingerprint density at radius 3 is 2.36 bits per heavy atom. The number of nitrogens with two attached hydrogens (primary N) is 1. The van der Waals surface area contributed by atoms with E-state index in [9.17, 15) is 19.2 Å². The summed E-state index contributed by atoms with van der Waals surface area (Å²) >= 11 is 0. The Bertz CT molecular complexity index is 752. The van der Waals surface area contributed by atoms with Gasteiger partial charge >= 0.3 is 0 Å². The molecule has 1 aromatic rings. The molecule has 0 bridgehead atoms. The second kappa shape index (κ2) is 8.86. The predicted octanol–water partition coefficient (Wildman–Crippen LogP) is 1.12. The predicted molar refractivity (Wildman–Crippen MR) is 105 cm³/mol. The molecule has 2 rings (SSSR count). The summed E-state index contributed by atoms with van der Waals surface area (Å²) in [6.45, 7) is 6.48. The molecule has 4 N–H and O–H groups in total. The number of benzene rings is 1. The summed E-state index contributed by atoms with van der Waals surface area (Å²) in [6, 6.07) is 6.36. The van der Waals surface area contributed by atoms with Gasteiger partial charge in [-0.25, -0.2) is 0 Å². The van der Waals surface area contributed by atoms with Gasteiger partial charge in [0.25, 0.3) is 5.91 Å². The third kappa shape index (κ3) is 5.80. The fraction of sp³-hybridized carbons (Fsp3) is 0.500. The molecule has 1 heterocycles. The lowest BCUT2D eigenvalue weighted by molar-refractivity contribution is -0.142. The van der Waals surface area contributed by atoms with Crippen molar-refractivity contribution in [2.45, 2.75) is 33.6 Å². The first kappa shape index (κ1) is 21.4. The number of piperidine rings is 1. The number of nitrogens with one attached hydrogen (secondary N) is 2. The van der Waals surface area contributed by atoms with E-state index in [2.05, 4.69) is 10.6 Å². The number of carbonyl (C=O) groups is 4. The van der Waals surface area contributed by atoms with Crippen molar-refractivity contribution in [3.8, 4) is 0 Å². The van der Waals surface area contributed by atoms with Gasteiger partial charge in [0, 0.05) is 29.8 Å². The molecule has 1 atom stereocenters. The van der Waals surface area contributed by atoms with Gasteiger partial charge in [0.15, 0.2) is 0 Å². The smallest absolute Gasteiger partial charge is 0.251 e. The zero-order chi connectivity index (χ0) is 20.9. The highest BCUT2D eigenvalue weighted by atomic mass is 16.2. The first-order chi connectivity index (χ1) is 13.1. The SMILES string of the molecule is CC(C)(C)C(=O)N1CCCC(C(=O)Nc2ccc(C(=O)NCC(N)=O)cc2)C1. The molecule has 0 radical (unpaired) electrons. The van der Waals surface area contributed by atoms with Crippen LogP contribution in [0.15, 0.2) is 24.3 Å². The topological polar surface area (TPSA) is 122 Å². The summed E-state index contributed by atoms with van der Waals surface area (Å²) in [4.78, 5) is 49.4. The summed E-state index contributed by atoms with van der Waals surface area (Å²) in [5.41, 5.74) is 5.45. The number of nitrogens with zero attached hydrogens (tertiary/aromatic N) is 1. The normalized spacial score (nSPS) is 17.0. The average Bonchev–Trinajstić information content (AvgIpc) is 2.65. The molecule has 8 heteroatoms. The molecule has 1 aromatic carbocycles. The number of carbonyl (C=O) groups excluding carboxylic acids is 4. The van der Waals surface area contributed by atoms with Gasteiger partial charge in [0.2, 0.25) is 17.7 Å². The molecule has 28 heavy (non-hydrogen) atoms. The Balaban J connectivity index is 1.94. The number of amides is 4. The third-order valence-corrected chi connectivity index (χ3v) is 4.56. The minimum absolute atomic E-state index is 0.0522. The van der Waals surface area contributed by atoms with Gasteiger partial charge < -0.3 is 21.3 Å². The minimum Gasteiger partial charge on any atom is -0.368 e. The second-order valence-electron chi connectivity index (χ2n) is 8.06. The van der Waals surface area contributed by atoms with Crippen molar-refractivity contribution in [1.29, 1.82) is 0 Å². The van der Waals surface area contributed by atoms with Gasteiger partial charge in [-0.05, 0) is 37.1 Å². The van der Waals surface area contributed by atoms with Gasteiger partial charge in [-0.15, -0.1) is 0 Å². The van der Waals surface area contributed by atoms with Crippen LogP contribution in [0.25, 0.3) is 0 Å². The molecule has 8 nitrogen and oxygen atoms in total. The van der Waals surface area contributed by atoms with Crippen LogP contribution in [0, 0.1) is 11.3 Å². The summed E-state index contributed by atoms with van der Waals surface area (Å²) < 4.78 is 0. The van der Waals surface area contributed by atoms with Crippen LogP contribution in [-0.2, 0) is 14.4 Å². The van der Waals surface area contributed by atoms with E-state index in [1.54, 1.807) is 29.2 Å². The van der Waals surface area contributed by atoms with Crippen LogP contribution in [0.1, 0.15) is 44.0 Å². The fourth-order valence-corrected chi connectivity index (χ4v) is 3.07. The molecule has 1 fully saturated rings. The van der Waals surface area contributed by atoms with Gasteiger partial charge in [-0.2, -0.15) is 0 Å². The van der Waals surface area contributed by atoms with Crippen LogP contribution in [-0.4, -0.2) is 48.2 Å². The summed E-state index contributed by atoms with van der Waals surface area (Å²) in [5, 5.41) is 5.24. The Labute approximate surface area is 164 Å². The molecule has 152 valence electrons. The van der Waals surface area contributed by atoms with Crippen molar-refractivity contribution in [3.63, 3.8) is 0 Å². The van der Waals surface area contributed by atoms with Crippen LogP contribution >= 0.6 is 0 Å². The van der Waals surface area contributed by atoms with Gasteiger partial charge in [-0.3, -0.25) is 19.2 Å². The molecule has 0 saturated carbocycles. The quantitative estimate of drug-likeness (QED) is 0.700. The van der Waals surface area contributed by atoms with E-state index in [-0.39, 0.29) is 24.3 Å². The Kier molecular flexibility index (Phi) is 6.77. The van der Waals surface area contributed by atoms with Crippen LogP contribution in [0.5, 0.6) is 0 Å². The highest BCUT2D eigenvalue weighted by molar-refractivity contribution is 5.97. The zero-order valence-corrected chi connectivity index (χ0v) is 16.6. The van der Waals surface area contributed by atoms with E-state index in [4.69, 9.17) is 5.73 Å². The number of hydrogen-bond acceptors (Lipinski definition) is 4. The lowest BCUT2D eigenvalue weighted by atomic mass is 9.91. The van der Waals surface area contributed by atoms with Crippen molar-refractivity contribution in [2.75, 3.05) is 25.0 Å². The van der Waals surface area contributed by atoms with E-state index in [1.807, 2.05) is 20.8 Å². The molecule has 4 amide bonds. The largest absolute Gasteiger partial charge is 0.368 e. The van der Waals surface area contributed by atoms with E-state index in [1.165, 1.54) is 0 Å². The molecule has 1 saturated heterocycles. The lowest BCUT2D eigenvalue weighted by Gasteiger charge is -2.35. The average molecular weight is 388 g/mol. The molecule has 1 unspecified atom stereocenters. The van der Waals surface area contributed by atoms with Crippen molar-refractivity contribution < 1.29 is 19.2 Å². The Hall–Kier alpha value is -2.90. The zero-order valence-electron chi connectivity index (χ0n) is 16.6. The third-order valence-electron chi connectivity index (χ3n) is 4.56. The van der Waals surface area contributed by atoms with Gasteiger partial charge in [0.05, 0.1) is 12.5 Å². The molecular formula is C20H28N4O4. The fourth-order valence-electron chi connectivity index (χ4n) is 3.07. The van der Waals surface area contributed by atoms with E-state index >= 15 is 0 Å². The summed E-state index contributed by atoms with van der Waals surface area (Å²) in [6.07, 6.45) is 1.52. The van der Waals surface area contributed by atoms with Crippen LogP contribution in [0.4, 0.5) is 5.69 Å². The second-order valence-corrected chi connectivity index (χ2v) is 8.06. The van der Waals surface area contributed by atoms with E-state index in [0.717, 1.165) is 12.8 Å². The van der Waals surface area contributed by atoms with Gasteiger partial charge in [-0.1, -0.05) is 20.8 Å². The van der Waals surface area contributed by atoms with Crippen LogP contribution < -0.4 is 16.4 Å². The number of hydrogen-bond donors (Lipinski definition) is 3. The number of primary amides is 1. The molecule has 0 spiro atoms.